The zero-order valence-electron chi connectivity index (χ0n) is 14.1. The lowest BCUT2D eigenvalue weighted by Gasteiger charge is -2.08. The molecule has 0 atom stereocenters. The number of hydrogen-bond acceptors (Lipinski definition) is 3. The summed E-state index contributed by atoms with van der Waals surface area (Å²) >= 11 is 3.38. The molecule has 0 fully saturated rings. The number of carbonyl (C=O) groups excluding carboxylic acids is 1. The van der Waals surface area contributed by atoms with E-state index in [1.807, 2.05) is 42.5 Å². The van der Waals surface area contributed by atoms with Crippen LogP contribution >= 0.6 is 15.9 Å². The van der Waals surface area contributed by atoms with E-state index in [1.54, 1.807) is 36.4 Å². The molecule has 0 spiro atoms. The molecule has 4 aromatic rings. The van der Waals surface area contributed by atoms with Gasteiger partial charge in [-0.25, -0.2) is 4.79 Å². The summed E-state index contributed by atoms with van der Waals surface area (Å²) in [6.07, 6.45) is 0. The molecule has 3 aromatic carbocycles. The standard InChI is InChI=1S/C22H14BrNO3/c23-17-8-4-9-18(13-17)24-21(25)16-7-3-6-14(11-16)19-12-15-5-1-2-10-20(15)27-22(19)26/h1-13H,(H,24,25). The first kappa shape index (κ1) is 17.2. The SMILES string of the molecule is O=C(Nc1cccc(Br)c1)c1cccc(-c2cc3ccccc3oc2=O)c1. The summed E-state index contributed by atoms with van der Waals surface area (Å²) < 4.78 is 6.27. The van der Waals surface area contributed by atoms with Crippen molar-refractivity contribution < 1.29 is 9.21 Å². The second kappa shape index (κ2) is 7.21. The fraction of sp³-hybridized carbons (Fsp3) is 0. The summed E-state index contributed by atoms with van der Waals surface area (Å²) in [6.45, 7) is 0. The number of hydrogen-bond donors (Lipinski definition) is 1. The smallest absolute Gasteiger partial charge is 0.344 e. The van der Waals surface area contributed by atoms with Crippen LogP contribution in [0.3, 0.4) is 0 Å². The van der Waals surface area contributed by atoms with Crippen molar-refractivity contribution in [1.82, 2.24) is 0 Å². The van der Waals surface area contributed by atoms with Gasteiger partial charge >= 0.3 is 5.63 Å². The van der Waals surface area contributed by atoms with Gasteiger partial charge < -0.3 is 9.73 Å². The Morgan fingerprint density at radius 2 is 1.70 bits per heavy atom. The lowest BCUT2D eigenvalue weighted by molar-refractivity contribution is 0.102. The second-order valence-electron chi connectivity index (χ2n) is 6.03. The average molecular weight is 420 g/mol. The molecule has 0 aliphatic carbocycles. The second-order valence-corrected chi connectivity index (χ2v) is 6.95. The number of rotatable bonds is 3. The number of fused-ring (bicyclic) bond motifs is 1. The van der Waals surface area contributed by atoms with E-state index in [0.717, 1.165) is 9.86 Å². The molecule has 0 saturated carbocycles. The van der Waals surface area contributed by atoms with Gasteiger partial charge in [0.25, 0.3) is 5.91 Å². The van der Waals surface area contributed by atoms with E-state index >= 15 is 0 Å². The Hall–Kier alpha value is -3.18. The monoisotopic (exact) mass is 419 g/mol. The highest BCUT2D eigenvalue weighted by molar-refractivity contribution is 9.10. The number of amides is 1. The maximum absolute atomic E-state index is 12.6. The van der Waals surface area contributed by atoms with Crippen molar-refractivity contribution in [3.05, 3.63) is 99.3 Å². The first-order chi connectivity index (χ1) is 13.1. The molecule has 1 heterocycles. The topological polar surface area (TPSA) is 59.3 Å². The number of halogens is 1. The van der Waals surface area contributed by atoms with Gasteiger partial charge in [-0.05, 0) is 48.0 Å². The number of nitrogens with one attached hydrogen (secondary N) is 1. The Labute approximate surface area is 163 Å². The van der Waals surface area contributed by atoms with Crippen LogP contribution in [0.4, 0.5) is 5.69 Å². The van der Waals surface area contributed by atoms with E-state index in [-0.39, 0.29) is 5.91 Å². The molecule has 0 aliphatic rings. The molecule has 27 heavy (non-hydrogen) atoms. The molecule has 4 nitrogen and oxygen atoms in total. The van der Waals surface area contributed by atoms with Gasteiger partial charge in [0.05, 0.1) is 5.56 Å². The summed E-state index contributed by atoms with van der Waals surface area (Å²) in [6, 6.07) is 23.4. The normalized spacial score (nSPS) is 10.7. The summed E-state index contributed by atoms with van der Waals surface area (Å²) in [5.74, 6) is -0.250. The van der Waals surface area contributed by atoms with Gasteiger partial charge in [0.15, 0.2) is 0 Å². The molecule has 0 saturated heterocycles. The van der Waals surface area contributed by atoms with Crippen LogP contribution in [0.15, 0.2) is 92.5 Å². The molecule has 0 aliphatic heterocycles. The van der Waals surface area contributed by atoms with E-state index in [4.69, 9.17) is 4.42 Å². The molecule has 1 N–H and O–H groups in total. The van der Waals surface area contributed by atoms with Crippen molar-refractivity contribution in [2.75, 3.05) is 5.32 Å². The highest BCUT2D eigenvalue weighted by Crippen LogP contribution is 2.23. The molecule has 4 rings (SSSR count). The molecule has 132 valence electrons. The van der Waals surface area contributed by atoms with Crippen LogP contribution in [-0.4, -0.2) is 5.91 Å². The first-order valence-electron chi connectivity index (χ1n) is 8.30. The number of para-hydroxylation sites is 1. The van der Waals surface area contributed by atoms with Gasteiger partial charge in [0.1, 0.15) is 5.58 Å². The van der Waals surface area contributed by atoms with E-state index in [1.165, 1.54) is 0 Å². The fourth-order valence-corrected chi connectivity index (χ4v) is 3.26. The molecule has 0 bridgehead atoms. The predicted molar refractivity (Wildman–Crippen MR) is 110 cm³/mol. The van der Waals surface area contributed by atoms with Crippen LogP contribution in [0.5, 0.6) is 0 Å². The van der Waals surface area contributed by atoms with Crippen LogP contribution in [0.1, 0.15) is 10.4 Å². The van der Waals surface area contributed by atoms with Gasteiger partial charge in [0, 0.05) is 21.1 Å². The number of anilines is 1. The Bertz CT molecular complexity index is 1210. The van der Waals surface area contributed by atoms with Gasteiger partial charge in [-0.15, -0.1) is 0 Å². The van der Waals surface area contributed by atoms with Crippen molar-refractivity contribution in [3.8, 4) is 11.1 Å². The van der Waals surface area contributed by atoms with Gasteiger partial charge in [0.2, 0.25) is 0 Å². The number of carbonyl (C=O) groups is 1. The van der Waals surface area contributed by atoms with Crippen LogP contribution in [0.25, 0.3) is 22.1 Å². The molecule has 0 radical (unpaired) electrons. The number of benzene rings is 3. The molecule has 1 amide bonds. The van der Waals surface area contributed by atoms with Crippen LogP contribution in [-0.2, 0) is 0 Å². The van der Waals surface area contributed by atoms with E-state index in [0.29, 0.717) is 28.0 Å². The van der Waals surface area contributed by atoms with E-state index in [9.17, 15) is 9.59 Å². The minimum absolute atomic E-state index is 0.250. The van der Waals surface area contributed by atoms with Crippen molar-refractivity contribution in [2.45, 2.75) is 0 Å². The average Bonchev–Trinajstić information content (AvgIpc) is 2.67. The summed E-state index contributed by atoms with van der Waals surface area (Å²) in [4.78, 5) is 24.9. The highest BCUT2D eigenvalue weighted by Gasteiger charge is 2.11. The maximum Gasteiger partial charge on any atom is 0.344 e. The molecule has 5 heteroatoms. The summed E-state index contributed by atoms with van der Waals surface area (Å²) in [5.41, 5.74) is 2.31. The maximum atomic E-state index is 12.6. The Kier molecular flexibility index (Phi) is 4.60. The molecule has 0 unspecified atom stereocenters. The van der Waals surface area contributed by atoms with Crippen molar-refractivity contribution >= 4 is 38.5 Å². The third-order valence-electron chi connectivity index (χ3n) is 4.16. The van der Waals surface area contributed by atoms with E-state index in [2.05, 4.69) is 21.2 Å². The van der Waals surface area contributed by atoms with Crippen molar-refractivity contribution in [2.24, 2.45) is 0 Å². The van der Waals surface area contributed by atoms with Gasteiger partial charge in [-0.1, -0.05) is 52.3 Å². The first-order valence-corrected chi connectivity index (χ1v) is 9.10. The zero-order chi connectivity index (χ0) is 18.8. The lowest BCUT2D eigenvalue weighted by atomic mass is 10.0. The Balaban J connectivity index is 1.69. The van der Waals surface area contributed by atoms with E-state index < -0.39 is 5.63 Å². The minimum Gasteiger partial charge on any atom is -0.422 e. The van der Waals surface area contributed by atoms with Crippen LogP contribution in [0.2, 0.25) is 0 Å². The third-order valence-corrected chi connectivity index (χ3v) is 4.65. The molecule has 1 aromatic heterocycles. The Morgan fingerprint density at radius 3 is 2.56 bits per heavy atom. The van der Waals surface area contributed by atoms with Crippen molar-refractivity contribution in [3.63, 3.8) is 0 Å². The third kappa shape index (κ3) is 3.68. The van der Waals surface area contributed by atoms with Gasteiger partial charge in [-0.3, -0.25) is 4.79 Å². The van der Waals surface area contributed by atoms with Gasteiger partial charge in [-0.2, -0.15) is 0 Å². The Morgan fingerprint density at radius 1 is 0.889 bits per heavy atom. The fourth-order valence-electron chi connectivity index (χ4n) is 2.86. The van der Waals surface area contributed by atoms with Crippen molar-refractivity contribution in [1.29, 1.82) is 0 Å². The highest BCUT2D eigenvalue weighted by atomic mass is 79.9. The minimum atomic E-state index is -0.432. The quantitative estimate of drug-likeness (QED) is 0.447. The molecular weight excluding hydrogens is 406 g/mol. The van der Waals surface area contributed by atoms with Crippen LogP contribution in [0, 0.1) is 0 Å². The zero-order valence-corrected chi connectivity index (χ0v) is 15.7. The molecular formula is C22H14BrNO3. The summed E-state index contributed by atoms with van der Waals surface area (Å²) in [5, 5.41) is 3.68. The summed E-state index contributed by atoms with van der Waals surface area (Å²) in [7, 11) is 0. The lowest BCUT2D eigenvalue weighted by Crippen LogP contribution is -2.12. The van der Waals surface area contributed by atoms with Crippen LogP contribution < -0.4 is 10.9 Å². The predicted octanol–water partition coefficient (Wildman–Crippen LogP) is 5.47. The largest absolute Gasteiger partial charge is 0.422 e.